The molecule has 2 rings (SSSR count). The molecule has 2 aromatic rings. The maximum atomic E-state index is 11.7. The van der Waals surface area contributed by atoms with Gasteiger partial charge in [0.2, 0.25) is 5.91 Å². The highest BCUT2D eigenvalue weighted by atomic mass is 16.3. The zero-order chi connectivity index (χ0) is 14.4. The zero-order valence-corrected chi connectivity index (χ0v) is 11.2. The molecule has 2 N–H and O–H groups in total. The van der Waals surface area contributed by atoms with Crippen molar-refractivity contribution in [2.24, 2.45) is 5.10 Å². The fourth-order valence-electron chi connectivity index (χ4n) is 1.74. The van der Waals surface area contributed by atoms with Crippen molar-refractivity contribution in [3.63, 3.8) is 0 Å². The van der Waals surface area contributed by atoms with Crippen LogP contribution in [0, 0.1) is 6.92 Å². The van der Waals surface area contributed by atoms with Crippen LogP contribution in [-0.4, -0.2) is 17.2 Å². The highest BCUT2D eigenvalue weighted by Gasteiger charge is 2.02. The van der Waals surface area contributed by atoms with Gasteiger partial charge in [0.05, 0.1) is 12.6 Å². The number of hydrogen-bond donors (Lipinski definition) is 2. The van der Waals surface area contributed by atoms with Crippen molar-refractivity contribution in [3.05, 3.63) is 65.2 Å². The standard InChI is InChI=1S/C16H16N2O2/c1-12-4-2-3-5-14(12)11-17-18-16(20)10-13-6-8-15(19)9-7-13/h2-9,11,19H,10H2,1H3,(H,18,20)/b17-11-. The van der Waals surface area contributed by atoms with Gasteiger partial charge in [0, 0.05) is 0 Å². The quantitative estimate of drug-likeness (QED) is 0.660. The first-order valence-electron chi connectivity index (χ1n) is 6.30. The lowest BCUT2D eigenvalue weighted by Gasteiger charge is -2.01. The van der Waals surface area contributed by atoms with E-state index in [1.54, 1.807) is 30.5 Å². The van der Waals surface area contributed by atoms with Crippen LogP contribution in [0.2, 0.25) is 0 Å². The van der Waals surface area contributed by atoms with E-state index in [1.807, 2.05) is 31.2 Å². The first kappa shape index (κ1) is 13.8. The Morgan fingerprint density at radius 3 is 2.60 bits per heavy atom. The largest absolute Gasteiger partial charge is 0.508 e. The van der Waals surface area contributed by atoms with Gasteiger partial charge in [-0.25, -0.2) is 5.43 Å². The van der Waals surface area contributed by atoms with E-state index in [1.165, 1.54) is 0 Å². The third kappa shape index (κ3) is 3.95. The molecule has 20 heavy (non-hydrogen) atoms. The van der Waals surface area contributed by atoms with Gasteiger partial charge in [0.1, 0.15) is 5.75 Å². The minimum absolute atomic E-state index is 0.187. The molecule has 0 saturated carbocycles. The van der Waals surface area contributed by atoms with Crippen LogP contribution >= 0.6 is 0 Å². The minimum atomic E-state index is -0.194. The topological polar surface area (TPSA) is 61.7 Å². The molecule has 0 aliphatic rings. The number of aryl methyl sites for hydroxylation is 1. The van der Waals surface area contributed by atoms with Crippen LogP contribution in [-0.2, 0) is 11.2 Å². The average molecular weight is 268 g/mol. The number of nitrogens with one attached hydrogen (secondary N) is 1. The molecule has 0 atom stereocenters. The van der Waals surface area contributed by atoms with Crippen LogP contribution < -0.4 is 5.43 Å². The maximum absolute atomic E-state index is 11.7. The van der Waals surface area contributed by atoms with E-state index in [-0.39, 0.29) is 18.1 Å². The molecule has 102 valence electrons. The van der Waals surface area contributed by atoms with Crippen molar-refractivity contribution in [2.75, 3.05) is 0 Å². The van der Waals surface area contributed by atoms with Gasteiger partial charge in [-0.2, -0.15) is 5.10 Å². The number of phenols is 1. The summed E-state index contributed by atoms with van der Waals surface area (Å²) in [5.74, 6) is -0.00717. The molecule has 0 aliphatic carbocycles. The number of benzene rings is 2. The highest BCUT2D eigenvalue weighted by Crippen LogP contribution is 2.09. The number of carbonyl (C=O) groups excluding carboxylic acids is 1. The normalized spacial score (nSPS) is 10.7. The van der Waals surface area contributed by atoms with Crippen molar-refractivity contribution < 1.29 is 9.90 Å². The second-order valence-electron chi connectivity index (χ2n) is 4.49. The van der Waals surface area contributed by atoms with Gasteiger partial charge < -0.3 is 5.11 Å². The molecule has 1 amide bonds. The fourth-order valence-corrected chi connectivity index (χ4v) is 1.74. The molecule has 4 heteroatoms. The molecular weight excluding hydrogens is 252 g/mol. The van der Waals surface area contributed by atoms with Gasteiger partial charge in [-0.05, 0) is 35.7 Å². The van der Waals surface area contributed by atoms with Gasteiger partial charge in [-0.1, -0.05) is 36.4 Å². The molecule has 0 aliphatic heterocycles. The molecule has 2 aromatic carbocycles. The van der Waals surface area contributed by atoms with E-state index in [4.69, 9.17) is 5.11 Å². The average Bonchev–Trinajstić information content (AvgIpc) is 2.43. The first-order valence-corrected chi connectivity index (χ1v) is 6.30. The Hall–Kier alpha value is -2.62. The Labute approximate surface area is 117 Å². The maximum Gasteiger partial charge on any atom is 0.244 e. The molecule has 0 spiro atoms. The summed E-state index contributed by atoms with van der Waals surface area (Å²) in [4.78, 5) is 11.7. The van der Waals surface area contributed by atoms with Crippen LogP contribution in [0.5, 0.6) is 5.75 Å². The van der Waals surface area contributed by atoms with Crippen LogP contribution in [0.1, 0.15) is 16.7 Å². The number of nitrogens with zero attached hydrogens (tertiary/aromatic N) is 1. The highest BCUT2D eigenvalue weighted by molar-refractivity contribution is 5.84. The monoisotopic (exact) mass is 268 g/mol. The molecule has 0 saturated heterocycles. The molecule has 0 bridgehead atoms. The third-order valence-corrected chi connectivity index (χ3v) is 2.88. The number of hydrogen-bond acceptors (Lipinski definition) is 3. The number of phenolic OH excluding ortho intramolecular Hbond substituents is 1. The summed E-state index contributed by atoms with van der Waals surface area (Å²) in [5, 5.41) is 13.1. The fraction of sp³-hybridized carbons (Fsp3) is 0.125. The van der Waals surface area contributed by atoms with Gasteiger partial charge in [-0.3, -0.25) is 4.79 Å². The molecule has 4 nitrogen and oxygen atoms in total. The second-order valence-corrected chi connectivity index (χ2v) is 4.49. The van der Waals surface area contributed by atoms with Crippen molar-refractivity contribution >= 4 is 12.1 Å². The van der Waals surface area contributed by atoms with E-state index in [9.17, 15) is 4.79 Å². The number of hydrazone groups is 1. The predicted octanol–water partition coefficient (Wildman–Crippen LogP) is 2.39. The molecular formula is C16H16N2O2. The van der Waals surface area contributed by atoms with Crippen LogP contribution in [0.25, 0.3) is 0 Å². The van der Waals surface area contributed by atoms with Crippen LogP contribution in [0.15, 0.2) is 53.6 Å². The first-order chi connectivity index (χ1) is 9.65. The Morgan fingerprint density at radius 1 is 1.20 bits per heavy atom. The van der Waals surface area contributed by atoms with Crippen molar-refractivity contribution in [1.82, 2.24) is 5.43 Å². The predicted molar refractivity (Wildman–Crippen MR) is 78.7 cm³/mol. The molecule has 0 unspecified atom stereocenters. The Bertz CT molecular complexity index is 619. The van der Waals surface area contributed by atoms with Gasteiger partial charge >= 0.3 is 0 Å². The number of aromatic hydroxyl groups is 1. The number of amides is 1. The summed E-state index contributed by atoms with van der Waals surface area (Å²) in [6, 6.07) is 14.3. The Balaban J connectivity index is 1.89. The second kappa shape index (κ2) is 6.52. The number of carbonyl (C=O) groups is 1. The summed E-state index contributed by atoms with van der Waals surface area (Å²) >= 11 is 0. The van der Waals surface area contributed by atoms with Crippen LogP contribution in [0.4, 0.5) is 0 Å². The summed E-state index contributed by atoms with van der Waals surface area (Å²) < 4.78 is 0. The number of rotatable bonds is 4. The molecule has 0 radical (unpaired) electrons. The van der Waals surface area contributed by atoms with E-state index < -0.39 is 0 Å². The van der Waals surface area contributed by atoms with Crippen molar-refractivity contribution in [2.45, 2.75) is 13.3 Å². The summed E-state index contributed by atoms with van der Waals surface area (Å²) in [6.45, 7) is 1.99. The van der Waals surface area contributed by atoms with E-state index in [0.717, 1.165) is 16.7 Å². The third-order valence-electron chi connectivity index (χ3n) is 2.88. The van der Waals surface area contributed by atoms with E-state index >= 15 is 0 Å². The van der Waals surface area contributed by atoms with Gasteiger partial charge in [0.15, 0.2) is 0 Å². The van der Waals surface area contributed by atoms with Gasteiger partial charge in [0.25, 0.3) is 0 Å². The molecule has 0 aromatic heterocycles. The van der Waals surface area contributed by atoms with E-state index in [2.05, 4.69) is 10.5 Å². The molecule has 0 heterocycles. The minimum Gasteiger partial charge on any atom is -0.508 e. The lowest BCUT2D eigenvalue weighted by molar-refractivity contribution is -0.120. The smallest absolute Gasteiger partial charge is 0.244 e. The Morgan fingerprint density at radius 2 is 1.90 bits per heavy atom. The summed E-state index contributed by atoms with van der Waals surface area (Å²) in [7, 11) is 0. The summed E-state index contributed by atoms with van der Waals surface area (Å²) in [5.41, 5.74) is 5.39. The van der Waals surface area contributed by atoms with Gasteiger partial charge in [-0.15, -0.1) is 0 Å². The Kier molecular flexibility index (Phi) is 4.50. The summed E-state index contributed by atoms with van der Waals surface area (Å²) in [6.07, 6.45) is 1.86. The zero-order valence-electron chi connectivity index (χ0n) is 11.2. The SMILES string of the molecule is Cc1ccccc1/C=N\NC(=O)Cc1ccc(O)cc1. The van der Waals surface area contributed by atoms with E-state index in [0.29, 0.717) is 0 Å². The van der Waals surface area contributed by atoms with Crippen molar-refractivity contribution in [1.29, 1.82) is 0 Å². The lowest BCUT2D eigenvalue weighted by atomic mass is 10.1. The van der Waals surface area contributed by atoms with Crippen molar-refractivity contribution in [3.8, 4) is 5.75 Å². The lowest BCUT2D eigenvalue weighted by Crippen LogP contribution is -2.19. The molecule has 0 fully saturated rings. The van der Waals surface area contributed by atoms with Crippen LogP contribution in [0.3, 0.4) is 0 Å².